The summed E-state index contributed by atoms with van der Waals surface area (Å²) < 4.78 is 1.72. The molecule has 0 spiro atoms. The van der Waals surface area contributed by atoms with Gasteiger partial charge in [0.05, 0.1) is 17.0 Å². The lowest BCUT2D eigenvalue weighted by atomic mass is 10.1. The third-order valence-electron chi connectivity index (χ3n) is 4.57. The minimum atomic E-state index is -0.0725. The molecule has 0 aliphatic heterocycles. The summed E-state index contributed by atoms with van der Waals surface area (Å²) in [7, 11) is 0. The maximum atomic E-state index is 12.7. The molecule has 0 saturated carbocycles. The highest BCUT2D eigenvalue weighted by molar-refractivity contribution is 7.98. The Hall–Kier alpha value is -3.45. The van der Waals surface area contributed by atoms with Crippen LogP contribution in [0.3, 0.4) is 0 Å². The van der Waals surface area contributed by atoms with Crippen LogP contribution in [-0.2, 0) is 12.2 Å². The number of hydrogen-bond donors (Lipinski definition) is 1. The molecule has 4 aromatic rings. The first-order valence-electron chi connectivity index (χ1n) is 9.68. The lowest BCUT2D eigenvalue weighted by molar-refractivity contribution is 0.0951. The average molecular weight is 416 g/mol. The van der Waals surface area contributed by atoms with E-state index in [1.807, 2.05) is 72.8 Å². The van der Waals surface area contributed by atoms with Crippen LogP contribution in [0.1, 0.15) is 21.7 Å². The Morgan fingerprint density at radius 2 is 1.60 bits per heavy atom. The fourth-order valence-electron chi connectivity index (χ4n) is 3.05. The summed E-state index contributed by atoms with van der Waals surface area (Å²) in [5.74, 6) is 1.21. The zero-order chi connectivity index (χ0) is 20.6. The van der Waals surface area contributed by atoms with E-state index in [1.54, 1.807) is 16.4 Å². The number of amides is 1. The van der Waals surface area contributed by atoms with Crippen LogP contribution in [0.25, 0.3) is 5.69 Å². The monoisotopic (exact) mass is 415 g/mol. The Kier molecular flexibility index (Phi) is 6.51. The zero-order valence-electron chi connectivity index (χ0n) is 16.3. The molecule has 0 fully saturated rings. The minimum absolute atomic E-state index is 0.0725. The van der Waals surface area contributed by atoms with Crippen LogP contribution in [-0.4, -0.2) is 32.7 Å². The number of carbonyl (C=O) groups excluding carboxylic acids is 1. The molecule has 6 nitrogen and oxygen atoms in total. The number of benzene rings is 3. The summed E-state index contributed by atoms with van der Waals surface area (Å²) in [5, 5.41) is 15.1. The van der Waals surface area contributed by atoms with Gasteiger partial charge in [-0.1, -0.05) is 60.7 Å². The van der Waals surface area contributed by atoms with Crippen molar-refractivity contribution >= 4 is 17.7 Å². The number of tetrazole rings is 1. The fourth-order valence-corrected chi connectivity index (χ4v) is 4.00. The Morgan fingerprint density at radius 1 is 0.900 bits per heavy atom. The quantitative estimate of drug-likeness (QED) is 0.442. The summed E-state index contributed by atoms with van der Waals surface area (Å²) >= 11 is 1.55. The van der Waals surface area contributed by atoms with Crippen LogP contribution < -0.4 is 5.32 Å². The third-order valence-corrected chi connectivity index (χ3v) is 5.63. The number of aromatic nitrogens is 4. The van der Waals surface area contributed by atoms with Gasteiger partial charge >= 0.3 is 0 Å². The second-order valence-corrected chi connectivity index (χ2v) is 7.64. The number of nitrogens with zero attached hydrogens (tertiary/aromatic N) is 4. The molecule has 0 atom stereocenters. The SMILES string of the molecule is O=C(NCCc1ccccc1)c1ccccc1SCc1nnnn1-c1ccccc1. The number of hydrogen-bond acceptors (Lipinski definition) is 5. The van der Waals surface area contributed by atoms with Crippen molar-refractivity contribution in [2.24, 2.45) is 0 Å². The van der Waals surface area contributed by atoms with E-state index in [1.165, 1.54) is 5.56 Å². The van der Waals surface area contributed by atoms with Crippen molar-refractivity contribution in [1.82, 2.24) is 25.5 Å². The Bertz CT molecular complexity index is 1100. The topological polar surface area (TPSA) is 72.7 Å². The van der Waals surface area contributed by atoms with E-state index in [4.69, 9.17) is 0 Å². The maximum absolute atomic E-state index is 12.7. The largest absolute Gasteiger partial charge is 0.352 e. The van der Waals surface area contributed by atoms with E-state index >= 15 is 0 Å². The van der Waals surface area contributed by atoms with Gasteiger partial charge in [0.2, 0.25) is 0 Å². The van der Waals surface area contributed by atoms with Crippen LogP contribution in [0.15, 0.2) is 89.8 Å². The van der Waals surface area contributed by atoms with Crippen LogP contribution in [0.2, 0.25) is 0 Å². The van der Waals surface area contributed by atoms with Gasteiger partial charge in [-0.05, 0) is 46.7 Å². The normalized spacial score (nSPS) is 10.7. The van der Waals surface area contributed by atoms with Gasteiger partial charge in [0.15, 0.2) is 5.82 Å². The van der Waals surface area contributed by atoms with Crippen molar-refractivity contribution in [3.8, 4) is 5.69 Å². The summed E-state index contributed by atoms with van der Waals surface area (Å²) in [6.07, 6.45) is 0.799. The molecule has 0 aliphatic carbocycles. The first-order chi connectivity index (χ1) is 14.8. The molecule has 0 radical (unpaired) electrons. The van der Waals surface area contributed by atoms with Gasteiger partial charge in [-0.3, -0.25) is 4.79 Å². The van der Waals surface area contributed by atoms with E-state index in [0.29, 0.717) is 17.9 Å². The zero-order valence-corrected chi connectivity index (χ0v) is 17.1. The van der Waals surface area contributed by atoms with E-state index < -0.39 is 0 Å². The Labute approximate surface area is 179 Å². The molecule has 1 heterocycles. The van der Waals surface area contributed by atoms with Crippen molar-refractivity contribution in [2.75, 3.05) is 6.54 Å². The van der Waals surface area contributed by atoms with Gasteiger partial charge in [-0.25, -0.2) is 0 Å². The number of para-hydroxylation sites is 1. The highest BCUT2D eigenvalue weighted by atomic mass is 32.2. The van der Waals surface area contributed by atoms with Gasteiger partial charge in [0.1, 0.15) is 0 Å². The molecule has 0 bridgehead atoms. The predicted octanol–water partition coefficient (Wildman–Crippen LogP) is 3.93. The van der Waals surface area contributed by atoms with Crippen LogP contribution in [0.4, 0.5) is 0 Å². The van der Waals surface area contributed by atoms with Crippen LogP contribution in [0, 0.1) is 0 Å². The van der Waals surface area contributed by atoms with Crippen molar-refractivity contribution in [3.63, 3.8) is 0 Å². The van der Waals surface area contributed by atoms with Crippen LogP contribution >= 0.6 is 11.8 Å². The van der Waals surface area contributed by atoms with Crippen molar-refractivity contribution in [3.05, 3.63) is 102 Å². The van der Waals surface area contributed by atoms with Gasteiger partial charge in [0, 0.05) is 11.4 Å². The van der Waals surface area contributed by atoms with Crippen molar-refractivity contribution in [2.45, 2.75) is 17.1 Å². The molecule has 1 aromatic heterocycles. The smallest absolute Gasteiger partial charge is 0.252 e. The molecule has 30 heavy (non-hydrogen) atoms. The number of rotatable bonds is 8. The molecule has 0 saturated heterocycles. The van der Waals surface area contributed by atoms with Crippen molar-refractivity contribution < 1.29 is 4.79 Å². The molecule has 4 rings (SSSR count). The highest BCUT2D eigenvalue weighted by Gasteiger charge is 2.14. The molecule has 3 aromatic carbocycles. The van der Waals surface area contributed by atoms with E-state index in [9.17, 15) is 4.79 Å². The fraction of sp³-hybridized carbons (Fsp3) is 0.130. The Morgan fingerprint density at radius 3 is 2.40 bits per heavy atom. The van der Waals surface area contributed by atoms with Crippen LogP contribution in [0.5, 0.6) is 0 Å². The minimum Gasteiger partial charge on any atom is -0.352 e. The molecular weight excluding hydrogens is 394 g/mol. The summed E-state index contributed by atoms with van der Waals surface area (Å²) in [6.45, 7) is 0.591. The molecule has 0 unspecified atom stereocenters. The lowest BCUT2D eigenvalue weighted by Gasteiger charge is -2.10. The molecule has 1 N–H and O–H groups in total. The standard InChI is InChI=1S/C23H21N5OS/c29-23(24-16-15-18-9-3-1-4-10-18)20-13-7-8-14-21(20)30-17-22-25-26-27-28(22)19-11-5-2-6-12-19/h1-14H,15-17H2,(H,24,29). The van der Waals surface area contributed by atoms with E-state index in [2.05, 4.69) is 33.0 Å². The molecule has 0 aliphatic rings. The number of carbonyl (C=O) groups is 1. The van der Waals surface area contributed by atoms with Gasteiger partial charge in [-0.2, -0.15) is 4.68 Å². The second kappa shape index (κ2) is 9.84. The highest BCUT2D eigenvalue weighted by Crippen LogP contribution is 2.26. The maximum Gasteiger partial charge on any atom is 0.252 e. The van der Waals surface area contributed by atoms with Gasteiger partial charge in [-0.15, -0.1) is 16.9 Å². The lowest BCUT2D eigenvalue weighted by Crippen LogP contribution is -2.26. The molecule has 7 heteroatoms. The second-order valence-electron chi connectivity index (χ2n) is 6.62. The third kappa shape index (κ3) is 4.93. The Balaban J connectivity index is 1.40. The summed E-state index contributed by atoms with van der Waals surface area (Å²) in [5.41, 5.74) is 2.77. The number of thioether (sulfide) groups is 1. The summed E-state index contributed by atoms with van der Waals surface area (Å²) in [4.78, 5) is 13.6. The van der Waals surface area contributed by atoms with E-state index in [-0.39, 0.29) is 5.91 Å². The van der Waals surface area contributed by atoms with Gasteiger partial charge < -0.3 is 5.32 Å². The molecular formula is C23H21N5OS. The first kappa shape index (κ1) is 19.8. The summed E-state index contributed by atoms with van der Waals surface area (Å²) in [6, 6.07) is 27.5. The molecule has 1 amide bonds. The van der Waals surface area contributed by atoms with E-state index in [0.717, 1.165) is 22.8 Å². The first-order valence-corrected chi connectivity index (χ1v) is 10.7. The predicted molar refractivity (Wildman–Crippen MR) is 118 cm³/mol. The van der Waals surface area contributed by atoms with Crippen molar-refractivity contribution in [1.29, 1.82) is 0 Å². The molecule has 150 valence electrons. The number of nitrogens with one attached hydrogen (secondary N) is 1. The average Bonchev–Trinajstić information content (AvgIpc) is 3.28. The van der Waals surface area contributed by atoms with Gasteiger partial charge in [0.25, 0.3) is 5.91 Å².